The van der Waals surface area contributed by atoms with Crippen LogP contribution in [-0.2, 0) is 9.59 Å². The smallest absolute Gasteiger partial charge is 0.312 e. The Balaban J connectivity index is 1.63. The minimum atomic E-state index is -0.671. The molecule has 3 aliphatic heterocycles. The van der Waals surface area contributed by atoms with Crippen LogP contribution in [0.2, 0.25) is 0 Å². The molecule has 0 bridgehead atoms. The van der Waals surface area contributed by atoms with Crippen molar-refractivity contribution in [2.45, 2.75) is 44.3 Å². The van der Waals surface area contributed by atoms with Crippen LogP contribution in [0.15, 0.2) is 30.3 Å². The van der Waals surface area contributed by atoms with Crippen molar-refractivity contribution in [3.63, 3.8) is 0 Å². The highest BCUT2D eigenvalue weighted by Gasteiger charge is 2.54. The predicted molar refractivity (Wildman–Crippen MR) is 83.8 cm³/mol. The normalized spacial score (nSPS) is 30.6. The number of hydrogen-bond donors (Lipinski definition) is 0. The molecule has 3 saturated heterocycles. The van der Waals surface area contributed by atoms with Gasteiger partial charge in [-0.05, 0) is 38.3 Å². The summed E-state index contributed by atoms with van der Waals surface area (Å²) in [6, 6.07) is 8.06. The van der Waals surface area contributed by atoms with Crippen LogP contribution in [0, 0.1) is 0 Å². The summed E-state index contributed by atoms with van der Waals surface area (Å²) in [4.78, 5) is 42.5. The molecule has 3 fully saturated rings. The molecule has 6 heteroatoms. The molecule has 6 nitrogen and oxygen atoms in total. The average molecular weight is 313 g/mol. The number of fused-ring (bicyclic) bond motifs is 1. The second-order valence-corrected chi connectivity index (χ2v) is 6.49. The van der Waals surface area contributed by atoms with Gasteiger partial charge < -0.3 is 9.80 Å². The molecular formula is C17H19N3O3. The van der Waals surface area contributed by atoms with Crippen LogP contribution in [0.25, 0.3) is 0 Å². The number of carbonyl (C=O) groups excluding carboxylic acids is 3. The van der Waals surface area contributed by atoms with E-state index in [1.807, 2.05) is 37.3 Å². The van der Waals surface area contributed by atoms with E-state index >= 15 is 0 Å². The fourth-order valence-corrected chi connectivity index (χ4v) is 4.03. The Labute approximate surface area is 134 Å². The lowest BCUT2D eigenvalue weighted by Gasteiger charge is -2.23. The van der Waals surface area contributed by atoms with Crippen LogP contribution in [-0.4, -0.2) is 52.3 Å². The number of nitrogens with zero attached hydrogens (tertiary/aromatic N) is 3. The lowest BCUT2D eigenvalue weighted by atomic mass is 10.1. The lowest BCUT2D eigenvalue weighted by molar-refractivity contribution is -0.133. The van der Waals surface area contributed by atoms with Gasteiger partial charge in [0.15, 0.2) is 0 Å². The summed E-state index contributed by atoms with van der Waals surface area (Å²) in [5, 5.41) is 0. The van der Waals surface area contributed by atoms with Gasteiger partial charge in [-0.15, -0.1) is 0 Å². The summed E-state index contributed by atoms with van der Waals surface area (Å²) in [6.07, 6.45) is 2.06. The Kier molecular flexibility index (Phi) is 3.14. The maximum atomic E-state index is 12.9. The van der Waals surface area contributed by atoms with Crippen LogP contribution in [0.4, 0.5) is 10.5 Å². The molecule has 3 atom stereocenters. The summed E-state index contributed by atoms with van der Waals surface area (Å²) >= 11 is 0. The zero-order chi connectivity index (χ0) is 16.1. The van der Waals surface area contributed by atoms with Gasteiger partial charge >= 0.3 is 6.03 Å². The largest absolute Gasteiger partial charge is 0.328 e. The molecule has 1 aromatic carbocycles. The molecule has 0 N–H and O–H groups in total. The molecule has 4 rings (SSSR count). The standard InChI is InChI=1S/C17H19N3O3/c1-11-10-14(16(22)19(11)12-6-3-2-4-7-12)20-15(21)13-8-5-9-18(13)17(20)23/h2-4,6-7,11,13-14H,5,8-10H2,1H3/t11-,13+,14+/m0/s1. The van der Waals surface area contributed by atoms with Gasteiger partial charge in [0.05, 0.1) is 0 Å². The number of urea groups is 1. The zero-order valence-corrected chi connectivity index (χ0v) is 13.0. The van der Waals surface area contributed by atoms with Gasteiger partial charge in [0.1, 0.15) is 12.1 Å². The van der Waals surface area contributed by atoms with E-state index in [9.17, 15) is 14.4 Å². The third-order valence-corrected chi connectivity index (χ3v) is 5.10. The van der Waals surface area contributed by atoms with Gasteiger partial charge in [-0.2, -0.15) is 0 Å². The minimum absolute atomic E-state index is 0.0362. The molecule has 120 valence electrons. The van der Waals surface area contributed by atoms with Gasteiger partial charge in [-0.3, -0.25) is 9.59 Å². The lowest BCUT2D eigenvalue weighted by Crippen LogP contribution is -2.46. The maximum absolute atomic E-state index is 12.9. The molecule has 0 saturated carbocycles. The van der Waals surface area contributed by atoms with E-state index in [0.29, 0.717) is 19.4 Å². The van der Waals surface area contributed by atoms with Crippen LogP contribution in [0.1, 0.15) is 26.2 Å². The first-order valence-electron chi connectivity index (χ1n) is 8.11. The van der Waals surface area contributed by atoms with Crippen molar-refractivity contribution in [1.29, 1.82) is 0 Å². The first-order valence-corrected chi connectivity index (χ1v) is 8.11. The minimum Gasteiger partial charge on any atom is -0.312 e. The number of para-hydroxylation sites is 1. The third-order valence-electron chi connectivity index (χ3n) is 5.10. The summed E-state index contributed by atoms with van der Waals surface area (Å²) in [5.74, 6) is -0.362. The number of carbonyl (C=O) groups is 3. The van der Waals surface area contributed by atoms with Crippen LogP contribution in [0.5, 0.6) is 0 Å². The molecule has 3 aliphatic rings. The third kappa shape index (κ3) is 1.97. The van der Waals surface area contributed by atoms with Crippen molar-refractivity contribution >= 4 is 23.5 Å². The first kappa shape index (κ1) is 14.2. The van der Waals surface area contributed by atoms with E-state index in [0.717, 1.165) is 12.1 Å². The predicted octanol–water partition coefficient (Wildman–Crippen LogP) is 1.61. The van der Waals surface area contributed by atoms with Gasteiger partial charge in [0.25, 0.3) is 11.8 Å². The molecule has 0 aliphatic carbocycles. The van der Waals surface area contributed by atoms with Crippen molar-refractivity contribution in [3.05, 3.63) is 30.3 Å². The molecule has 0 aromatic heterocycles. The van der Waals surface area contributed by atoms with Crippen LogP contribution < -0.4 is 4.90 Å². The zero-order valence-electron chi connectivity index (χ0n) is 13.0. The molecular weight excluding hydrogens is 294 g/mol. The second kappa shape index (κ2) is 5.08. The van der Waals surface area contributed by atoms with E-state index in [1.54, 1.807) is 9.80 Å². The molecule has 23 heavy (non-hydrogen) atoms. The van der Waals surface area contributed by atoms with E-state index in [2.05, 4.69) is 0 Å². The molecule has 0 spiro atoms. The van der Waals surface area contributed by atoms with Crippen LogP contribution in [0.3, 0.4) is 0 Å². The number of hydrogen-bond acceptors (Lipinski definition) is 3. The summed E-state index contributed by atoms with van der Waals surface area (Å²) < 4.78 is 0. The van der Waals surface area contributed by atoms with Crippen molar-refractivity contribution in [2.24, 2.45) is 0 Å². The fourth-order valence-electron chi connectivity index (χ4n) is 4.03. The van der Waals surface area contributed by atoms with E-state index < -0.39 is 6.04 Å². The first-order chi connectivity index (χ1) is 11.1. The number of imide groups is 1. The molecule has 3 heterocycles. The Morgan fingerprint density at radius 2 is 1.65 bits per heavy atom. The van der Waals surface area contributed by atoms with Gasteiger partial charge in [0, 0.05) is 18.3 Å². The number of amides is 4. The SMILES string of the molecule is C[C@H]1C[C@@H](N2C(=O)[C@H]3CCCN3C2=O)C(=O)N1c1ccccc1. The van der Waals surface area contributed by atoms with Crippen molar-refractivity contribution < 1.29 is 14.4 Å². The summed E-state index contributed by atoms with van der Waals surface area (Å²) in [7, 11) is 0. The number of benzene rings is 1. The van der Waals surface area contributed by atoms with E-state index in [4.69, 9.17) is 0 Å². The highest BCUT2D eigenvalue weighted by Crippen LogP contribution is 2.35. The van der Waals surface area contributed by atoms with E-state index in [1.165, 1.54) is 4.90 Å². The number of anilines is 1. The molecule has 0 unspecified atom stereocenters. The maximum Gasteiger partial charge on any atom is 0.328 e. The van der Waals surface area contributed by atoms with E-state index in [-0.39, 0.29) is 29.9 Å². The van der Waals surface area contributed by atoms with Gasteiger partial charge in [-0.25, -0.2) is 9.69 Å². The Morgan fingerprint density at radius 1 is 0.957 bits per heavy atom. The Hall–Kier alpha value is -2.37. The Bertz CT molecular complexity index is 653. The topological polar surface area (TPSA) is 60.9 Å². The fraction of sp³-hybridized carbons (Fsp3) is 0.471. The quantitative estimate of drug-likeness (QED) is 0.779. The summed E-state index contributed by atoms with van der Waals surface area (Å²) in [5.41, 5.74) is 0.812. The van der Waals surface area contributed by atoms with Gasteiger partial charge in [-0.1, -0.05) is 18.2 Å². The molecule has 1 aromatic rings. The second-order valence-electron chi connectivity index (χ2n) is 6.49. The highest BCUT2D eigenvalue weighted by atomic mass is 16.2. The molecule has 4 amide bonds. The Morgan fingerprint density at radius 3 is 2.35 bits per heavy atom. The highest BCUT2D eigenvalue weighted by molar-refractivity contribution is 6.11. The monoisotopic (exact) mass is 313 g/mol. The van der Waals surface area contributed by atoms with Crippen molar-refractivity contribution in [1.82, 2.24) is 9.80 Å². The number of rotatable bonds is 2. The van der Waals surface area contributed by atoms with Crippen LogP contribution >= 0.6 is 0 Å². The van der Waals surface area contributed by atoms with Crippen molar-refractivity contribution in [2.75, 3.05) is 11.4 Å². The van der Waals surface area contributed by atoms with Crippen molar-refractivity contribution in [3.8, 4) is 0 Å². The summed E-state index contributed by atoms with van der Waals surface area (Å²) in [6.45, 7) is 2.57. The molecule has 0 radical (unpaired) electrons. The average Bonchev–Trinajstić information content (AvgIpc) is 3.19. The van der Waals surface area contributed by atoms with Gasteiger partial charge in [0.2, 0.25) is 0 Å².